The predicted octanol–water partition coefficient (Wildman–Crippen LogP) is 2.41. The van der Waals surface area contributed by atoms with Gasteiger partial charge in [0, 0.05) is 31.6 Å². The number of urea groups is 1. The van der Waals surface area contributed by atoms with Gasteiger partial charge in [-0.1, -0.05) is 32.1 Å². The Morgan fingerprint density at radius 2 is 1.86 bits per heavy atom. The zero-order chi connectivity index (χ0) is 15.1. The highest BCUT2D eigenvalue weighted by molar-refractivity contribution is 5.78. The third-order valence-electron chi connectivity index (χ3n) is 4.48. The molecule has 21 heavy (non-hydrogen) atoms. The van der Waals surface area contributed by atoms with Crippen molar-refractivity contribution in [3.05, 3.63) is 0 Å². The summed E-state index contributed by atoms with van der Waals surface area (Å²) in [6.07, 6.45) is 10.1. The Bertz CT molecular complexity index is 351. The first-order valence-electron chi connectivity index (χ1n) is 8.50. The van der Waals surface area contributed by atoms with Crippen molar-refractivity contribution in [3.8, 4) is 0 Å². The fourth-order valence-electron chi connectivity index (χ4n) is 3.32. The molecule has 2 fully saturated rings. The number of rotatable bonds is 4. The van der Waals surface area contributed by atoms with Crippen LogP contribution < -0.4 is 10.6 Å². The largest absolute Gasteiger partial charge is 0.341 e. The summed E-state index contributed by atoms with van der Waals surface area (Å²) in [4.78, 5) is 25.5. The molecule has 1 atom stereocenters. The van der Waals surface area contributed by atoms with E-state index in [1.165, 1.54) is 32.1 Å². The van der Waals surface area contributed by atoms with E-state index in [1.807, 2.05) is 11.8 Å². The first-order chi connectivity index (χ1) is 10.1. The summed E-state index contributed by atoms with van der Waals surface area (Å²) >= 11 is 0. The number of hydrogen-bond donors (Lipinski definition) is 2. The summed E-state index contributed by atoms with van der Waals surface area (Å²) in [5.41, 5.74) is 0. The van der Waals surface area contributed by atoms with E-state index >= 15 is 0 Å². The van der Waals surface area contributed by atoms with Crippen LogP contribution in [0.5, 0.6) is 0 Å². The number of carbonyl (C=O) groups excluding carboxylic acids is 2. The van der Waals surface area contributed by atoms with Crippen molar-refractivity contribution >= 4 is 11.9 Å². The van der Waals surface area contributed by atoms with Crippen molar-refractivity contribution in [2.75, 3.05) is 13.1 Å². The van der Waals surface area contributed by atoms with Crippen LogP contribution in [0.25, 0.3) is 0 Å². The summed E-state index contributed by atoms with van der Waals surface area (Å²) < 4.78 is 0. The Kier molecular flexibility index (Phi) is 6.33. The van der Waals surface area contributed by atoms with E-state index in [4.69, 9.17) is 0 Å². The molecule has 5 heteroatoms. The average Bonchev–Trinajstić information content (AvgIpc) is 2.78. The van der Waals surface area contributed by atoms with Gasteiger partial charge in [0.1, 0.15) is 0 Å². The van der Waals surface area contributed by atoms with Crippen LogP contribution in [0.2, 0.25) is 0 Å². The van der Waals surface area contributed by atoms with Gasteiger partial charge in [-0.3, -0.25) is 4.79 Å². The van der Waals surface area contributed by atoms with Crippen molar-refractivity contribution in [1.29, 1.82) is 0 Å². The lowest BCUT2D eigenvalue weighted by Gasteiger charge is -2.25. The van der Waals surface area contributed by atoms with Gasteiger partial charge < -0.3 is 15.5 Å². The molecular formula is C16H29N3O2. The molecule has 1 heterocycles. The lowest BCUT2D eigenvalue weighted by molar-refractivity contribution is -0.127. The minimum Gasteiger partial charge on any atom is -0.341 e. The van der Waals surface area contributed by atoms with E-state index in [-0.39, 0.29) is 18.0 Å². The van der Waals surface area contributed by atoms with E-state index in [0.717, 1.165) is 25.8 Å². The van der Waals surface area contributed by atoms with Crippen LogP contribution >= 0.6 is 0 Å². The lowest BCUT2D eigenvalue weighted by atomic mass is 9.97. The van der Waals surface area contributed by atoms with Crippen molar-refractivity contribution < 1.29 is 9.59 Å². The zero-order valence-corrected chi connectivity index (χ0v) is 13.2. The molecule has 0 bridgehead atoms. The Balaban J connectivity index is 1.68. The van der Waals surface area contributed by atoms with Gasteiger partial charge >= 0.3 is 6.03 Å². The third kappa shape index (κ3) is 5.56. The van der Waals surface area contributed by atoms with Crippen molar-refractivity contribution in [2.24, 2.45) is 0 Å². The topological polar surface area (TPSA) is 61.4 Å². The van der Waals surface area contributed by atoms with Gasteiger partial charge in [-0.15, -0.1) is 0 Å². The summed E-state index contributed by atoms with van der Waals surface area (Å²) in [5.74, 6) is 0.212. The zero-order valence-electron chi connectivity index (χ0n) is 13.2. The van der Waals surface area contributed by atoms with Gasteiger partial charge in [0.05, 0.1) is 0 Å². The Morgan fingerprint density at radius 3 is 2.48 bits per heavy atom. The summed E-state index contributed by atoms with van der Waals surface area (Å²) in [6, 6.07) is 0.228. The minimum absolute atomic E-state index is 0.000561. The molecule has 5 nitrogen and oxygen atoms in total. The SMILES string of the molecule is CC(CN1CCCC1=O)NC(=O)NC1CCCCCCC1. The third-order valence-corrected chi connectivity index (χ3v) is 4.48. The van der Waals surface area contributed by atoms with Gasteiger partial charge in [0.25, 0.3) is 0 Å². The fourth-order valence-corrected chi connectivity index (χ4v) is 3.32. The molecule has 0 spiro atoms. The van der Waals surface area contributed by atoms with Crippen molar-refractivity contribution in [3.63, 3.8) is 0 Å². The average molecular weight is 295 g/mol. The molecule has 1 saturated carbocycles. The van der Waals surface area contributed by atoms with Gasteiger partial charge in [-0.25, -0.2) is 4.79 Å². The van der Waals surface area contributed by atoms with Crippen LogP contribution in [0.15, 0.2) is 0 Å². The molecule has 1 saturated heterocycles. The number of nitrogens with zero attached hydrogens (tertiary/aromatic N) is 1. The Hall–Kier alpha value is -1.26. The number of nitrogens with one attached hydrogen (secondary N) is 2. The van der Waals surface area contributed by atoms with Crippen LogP contribution in [0.4, 0.5) is 4.79 Å². The maximum atomic E-state index is 12.0. The number of hydrogen-bond acceptors (Lipinski definition) is 2. The maximum Gasteiger partial charge on any atom is 0.315 e. The summed E-state index contributed by atoms with van der Waals surface area (Å²) in [5, 5.41) is 6.07. The maximum absolute atomic E-state index is 12.0. The van der Waals surface area contributed by atoms with Gasteiger partial charge in [0.15, 0.2) is 0 Å². The molecule has 0 aromatic heterocycles. The molecule has 1 aliphatic carbocycles. The molecular weight excluding hydrogens is 266 g/mol. The normalized spacial score (nSPS) is 22.5. The lowest BCUT2D eigenvalue weighted by Crippen LogP contribution is -2.49. The molecule has 1 aliphatic heterocycles. The highest BCUT2D eigenvalue weighted by Crippen LogP contribution is 2.17. The molecule has 2 aliphatic rings. The van der Waals surface area contributed by atoms with E-state index < -0.39 is 0 Å². The number of carbonyl (C=O) groups is 2. The smallest absolute Gasteiger partial charge is 0.315 e. The monoisotopic (exact) mass is 295 g/mol. The molecule has 2 N–H and O–H groups in total. The Morgan fingerprint density at radius 1 is 1.19 bits per heavy atom. The van der Waals surface area contributed by atoms with Gasteiger partial charge in [-0.2, -0.15) is 0 Å². The predicted molar refractivity (Wildman–Crippen MR) is 83.1 cm³/mol. The first kappa shape index (κ1) is 16.1. The van der Waals surface area contributed by atoms with Gasteiger partial charge in [0.2, 0.25) is 5.91 Å². The van der Waals surface area contributed by atoms with Crippen LogP contribution in [0.3, 0.4) is 0 Å². The molecule has 3 amide bonds. The van der Waals surface area contributed by atoms with Crippen LogP contribution in [0.1, 0.15) is 64.7 Å². The number of amides is 3. The second-order valence-corrected chi connectivity index (χ2v) is 6.50. The van der Waals surface area contributed by atoms with Gasteiger partial charge in [-0.05, 0) is 26.2 Å². The van der Waals surface area contributed by atoms with Crippen molar-refractivity contribution in [2.45, 2.75) is 76.8 Å². The Labute approximate surface area is 127 Å². The summed E-state index contributed by atoms with van der Waals surface area (Å²) in [6.45, 7) is 3.41. The first-order valence-corrected chi connectivity index (χ1v) is 8.50. The van der Waals surface area contributed by atoms with E-state index in [2.05, 4.69) is 10.6 Å². The van der Waals surface area contributed by atoms with Crippen LogP contribution in [0, 0.1) is 0 Å². The van der Waals surface area contributed by atoms with E-state index in [9.17, 15) is 9.59 Å². The van der Waals surface area contributed by atoms with Crippen LogP contribution in [-0.2, 0) is 4.79 Å². The van der Waals surface area contributed by atoms with Crippen LogP contribution in [-0.4, -0.2) is 42.0 Å². The molecule has 1 unspecified atom stereocenters. The van der Waals surface area contributed by atoms with Crippen molar-refractivity contribution in [1.82, 2.24) is 15.5 Å². The molecule has 0 radical (unpaired) electrons. The quantitative estimate of drug-likeness (QED) is 0.836. The molecule has 0 aromatic rings. The highest BCUT2D eigenvalue weighted by atomic mass is 16.2. The second-order valence-electron chi connectivity index (χ2n) is 6.50. The second kappa shape index (κ2) is 8.25. The molecule has 120 valence electrons. The molecule has 2 rings (SSSR count). The highest BCUT2D eigenvalue weighted by Gasteiger charge is 2.22. The van der Waals surface area contributed by atoms with E-state index in [1.54, 1.807) is 0 Å². The summed E-state index contributed by atoms with van der Waals surface area (Å²) in [7, 11) is 0. The molecule has 0 aromatic carbocycles. The fraction of sp³-hybridized carbons (Fsp3) is 0.875. The number of likely N-dealkylation sites (tertiary alicyclic amines) is 1. The van der Waals surface area contributed by atoms with E-state index in [0.29, 0.717) is 19.0 Å². The minimum atomic E-state index is -0.0836. The standard InChI is InChI=1S/C16H29N3O2/c1-13(12-19-11-7-10-15(19)20)17-16(21)18-14-8-5-3-2-4-6-9-14/h13-14H,2-12H2,1H3,(H2,17,18,21).